The Morgan fingerprint density at radius 3 is 2.53 bits per heavy atom. The molecule has 0 saturated carbocycles. The van der Waals surface area contributed by atoms with Crippen molar-refractivity contribution in [2.75, 3.05) is 11.1 Å². The summed E-state index contributed by atoms with van der Waals surface area (Å²) in [5.74, 6) is 0.199. The van der Waals surface area contributed by atoms with E-state index in [0.29, 0.717) is 17.9 Å². The van der Waals surface area contributed by atoms with Crippen LogP contribution in [0.2, 0.25) is 5.15 Å². The molecule has 0 atom stereocenters. The maximum Gasteiger partial charge on any atom is 0.248 e. The summed E-state index contributed by atoms with van der Waals surface area (Å²) in [5, 5.41) is 3.34. The molecule has 1 aromatic carbocycles. The average molecular weight is 278 g/mol. The molecule has 1 amide bonds. The van der Waals surface area contributed by atoms with E-state index in [1.807, 2.05) is 0 Å². The van der Waals surface area contributed by atoms with Gasteiger partial charge in [0.25, 0.3) is 0 Å². The zero-order valence-electron chi connectivity index (χ0n) is 9.93. The molecule has 6 nitrogen and oxygen atoms in total. The van der Waals surface area contributed by atoms with Crippen molar-refractivity contribution in [2.24, 2.45) is 5.73 Å². The third-order valence-electron chi connectivity index (χ3n) is 2.42. The number of nitrogen functional groups attached to an aromatic ring is 1. The molecular weight excluding hydrogens is 266 g/mol. The van der Waals surface area contributed by atoms with E-state index in [4.69, 9.17) is 23.1 Å². The number of amides is 1. The predicted octanol–water partition coefficient (Wildman–Crippen LogP) is 1.42. The fraction of sp³-hybridized carbons (Fsp3) is 0.0833. The molecule has 0 fully saturated rings. The molecule has 7 heteroatoms. The van der Waals surface area contributed by atoms with Crippen molar-refractivity contribution in [3.8, 4) is 0 Å². The van der Waals surface area contributed by atoms with Gasteiger partial charge in [-0.05, 0) is 17.7 Å². The van der Waals surface area contributed by atoms with Crippen LogP contribution >= 0.6 is 11.6 Å². The number of carbonyl (C=O) groups is 1. The van der Waals surface area contributed by atoms with Crippen LogP contribution in [0.25, 0.3) is 0 Å². The molecule has 0 radical (unpaired) electrons. The normalized spacial score (nSPS) is 10.2. The molecule has 1 aromatic heterocycles. The molecule has 1 heterocycles. The zero-order valence-corrected chi connectivity index (χ0v) is 10.7. The van der Waals surface area contributed by atoms with Crippen molar-refractivity contribution < 1.29 is 4.79 Å². The number of nitrogens with two attached hydrogens (primary N) is 2. The number of hydrogen-bond donors (Lipinski definition) is 3. The minimum Gasteiger partial charge on any atom is -0.368 e. The molecule has 0 unspecified atom stereocenters. The van der Waals surface area contributed by atoms with Crippen LogP contribution in [0.3, 0.4) is 0 Å². The summed E-state index contributed by atoms with van der Waals surface area (Å²) >= 11 is 5.77. The summed E-state index contributed by atoms with van der Waals surface area (Å²) in [5.41, 5.74) is 12.1. The van der Waals surface area contributed by atoms with E-state index >= 15 is 0 Å². The summed E-state index contributed by atoms with van der Waals surface area (Å²) in [6, 6.07) is 8.52. The molecule has 98 valence electrons. The Hall–Kier alpha value is -2.34. The molecule has 5 N–H and O–H groups in total. The van der Waals surface area contributed by atoms with E-state index in [9.17, 15) is 4.79 Å². The molecule has 19 heavy (non-hydrogen) atoms. The molecule has 2 aromatic rings. The number of rotatable bonds is 4. The lowest BCUT2D eigenvalue weighted by atomic mass is 10.1. The maximum atomic E-state index is 10.9. The highest BCUT2D eigenvalue weighted by molar-refractivity contribution is 6.29. The number of benzene rings is 1. The van der Waals surface area contributed by atoms with Crippen LogP contribution in [0.15, 0.2) is 30.3 Å². The summed E-state index contributed by atoms with van der Waals surface area (Å²) in [6.45, 7) is 0.520. The molecule has 0 aliphatic rings. The van der Waals surface area contributed by atoms with Crippen molar-refractivity contribution in [3.63, 3.8) is 0 Å². The number of carbonyl (C=O) groups excluding carboxylic acids is 1. The second-order valence-electron chi connectivity index (χ2n) is 3.85. The van der Waals surface area contributed by atoms with Gasteiger partial charge in [-0.15, -0.1) is 0 Å². The summed E-state index contributed by atoms with van der Waals surface area (Å²) in [6.07, 6.45) is 0. The highest BCUT2D eigenvalue weighted by atomic mass is 35.5. The van der Waals surface area contributed by atoms with Gasteiger partial charge >= 0.3 is 0 Å². The Morgan fingerprint density at radius 1 is 1.26 bits per heavy atom. The van der Waals surface area contributed by atoms with Crippen LogP contribution in [-0.4, -0.2) is 15.9 Å². The quantitative estimate of drug-likeness (QED) is 0.733. The zero-order chi connectivity index (χ0) is 13.8. The SMILES string of the molecule is NC(=O)c1ccc(CNc2cc(Cl)nc(N)n2)cc1. The summed E-state index contributed by atoms with van der Waals surface area (Å²) in [4.78, 5) is 18.7. The van der Waals surface area contributed by atoms with Gasteiger partial charge in [0.15, 0.2) is 0 Å². The van der Waals surface area contributed by atoms with Gasteiger partial charge < -0.3 is 16.8 Å². The van der Waals surface area contributed by atoms with Crippen LogP contribution in [-0.2, 0) is 6.54 Å². The van der Waals surface area contributed by atoms with E-state index < -0.39 is 5.91 Å². The van der Waals surface area contributed by atoms with E-state index in [-0.39, 0.29) is 11.1 Å². The number of anilines is 2. The summed E-state index contributed by atoms with van der Waals surface area (Å²) in [7, 11) is 0. The molecule has 2 rings (SSSR count). The standard InChI is InChI=1S/C12H12ClN5O/c13-9-5-10(18-12(15)17-9)16-6-7-1-3-8(4-2-7)11(14)19/h1-5H,6H2,(H2,14,19)(H3,15,16,17,18). The van der Waals surface area contributed by atoms with Gasteiger partial charge in [0.05, 0.1) is 0 Å². The second-order valence-corrected chi connectivity index (χ2v) is 4.24. The van der Waals surface area contributed by atoms with Gasteiger partial charge in [0, 0.05) is 18.2 Å². The van der Waals surface area contributed by atoms with Crippen molar-refractivity contribution in [1.29, 1.82) is 0 Å². The van der Waals surface area contributed by atoms with Crippen molar-refractivity contribution in [3.05, 3.63) is 46.6 Å². The highest BCUT2D eigenvalue weighted by Crippen LogP contribution is 2.13. The van der Waals surface area contributed by atoms with Gasteiger partial charge in [-0.2, -0.15) is 4.98 Å². The van der Waals surface area contributed by atoms with Crippen LogP contribution in [0, 0.1) is 0 Å². The van der Waals surface area contributed by atoms with Gasteiger partial charge in [-0.3, -0.25) is 4.79 Å². The van der Waals surface area contributed by atoms with Crippen LogP contribution in [0.4, 0.5) is 11.8 Å². The molecule has 0 spiro atoms. The third-order valence-corrected chi connectivity index (χ3v) is 2.62. The molecular formula is C12H12ClN5O. The van der Waals surface area contributed by atoms with Gasteiger partial charge in [-0.1, -0.05) is 23.7 Å². The Labute approximate surface area is 114 Å². The minimum atomic E-state index is -0.449. The van der Waals surface area contributed by atoms with Gasteiger partial charge in [0.1, 0.15) is 11.0 Å². The van der Waals surface area contributed by atoms with Crippen LogP contribution in [0.5, 0.6) is 0 Å². The van der Waals surface area contributed by atoms with E-state index in [1.165, 1.54) is 0 Å². The third kappa shape index (κ3) is 3.56. The Bertz CT molecular complexity index is 579. The van der Waals surface area contributed by atoms with E-state index in [2.05, 4.69) is 15.3 Å². The van der Waals surface area contributed by atoms with Gasteiger partial charge in [0.2, 0.25) is 11.9 Å². The van der Waals surface area contributed by atoms with E-state index in [1.54, 1.807) is 30.3 Å². The Balaban J connectivity index is 2.03. The minimum absolute atomic E-state index is 0.110. The topological polar surface area (TPSA) is 107 Å². The fourth-order valence-corrected chi connectivity index (χ4v) is 1.70. The smallest absolute Gasteiger partial charge is 0.248 e. The number of halogens is 1. The first-order valence-corrected chi connectivity index (χ1v) is 5.85. The Morgan fingerprint density at radius 2 is 1.95 bits per heavy atom. The summed E-state index contributed by atoms with van der Waals surface area (Å²) < 4.78 is 0. The predicted molar refractivity (Wildman–Crippen MR) is 73.7 cm³/mol. The largest absolute Gasteiger partial charge is 0.368 e. The number of primary amides is 1. The number of nitrogens with one attached hydrogen (secondary N) is 1. The lowest BCUT2D eigenvalue weighted by molar-refractivity contribution is 0.100. The maximum absolute atomic E-state index is 10.9. The molecule has 0 bridgehead atoms. The first kappa shape index (κ1) is 13.1. The first-order chi connectivity index (χ1) is 9.04. The van der Waals surface area contributed by atoms with E-state index in [0.717, 1.165) is 5.56 Å². The van der Waals surface area contributed by atoms with Crippen molar-refractivity contribution in [1.82, 2.24) is 9.97 Å². The highest BCUT2D eigenvalue weighted by Gasteiger charge is 2.02. The lowest BCUT2D eigenvalue weighted by Crippen LogP contribution is -2.11. The lowest BCUT2D eigenvalue weighted by Gasteiger charge is -2.07. The van der Waals surface area contributed by atoms with Crippen molar-refractivity contribution >= 4 is 29.3 Å². The molecule has 0 saturated heterocycles. The second kappa shape index (κ2) is 5.53. The number of hydrogen-bond acceptors (Lipinski definition) is 5. The number of aromatic nitrogens is 2. The van der Waals surface area contributed by atoms with Crippen LogP contribution in [0.1, 0.15) is 15.9 Å². The fourth-order valence-electron chi connectivity index (χ4n) is 1.51. The van der Waals surface area contributed by atoms with Crippen LogP contribution < -0.4 is 16.8 Å². The number of nitrogens with zero attached hydrogens (tertiary/aromatic N) is 2. The molecule has 0 aliphatic heterocycles. The Kier molecular flexibility index (Phi) is 3.82. The van der Waals surface area contributed by atoms with Crippen molar-refractivity contribution in [2.45, 2.75) is 6.54 Å². The monoisotopic (exact) mass is 277 g/mol. The molecule has 0 aliphatic carbocycles. The average Bonchev–Trinajstić information content (AvgIpc) is 2.36. The first-order valence-electron chi connectivity index (χ1n) is 5.47. The van der Waals surface area contributed by atoms with Gasteiger partial charge in [-0.25, -0.2) is 4.98 Å².